The molecule has 0 bridgehead atoms. The lowest BCUT2D eigenvalue weighted by Gasteiger charge is -2.39. The highest BCUT2D eigenvalue weighted by Gasteiger charge is 2.28. The van der Waals surface area contributed by atoms with Crippen LogP contribution in [0.2, 0.25) is 0 Å². The minimum atomic E-state index is 0.475. The van der Waals surface area contributed by atoms with E-state index < -0.39 is 0 Å². The average Bonchev–Trinajstić information content (AvgIpc) is 2.29. The van der Waals surface area contributed by atoms with Gasteiger partial charge in [-0.2, -0.15) is 0 Å². The van der Waals surface area contributed by atoms with Crippen molar-refractivity contribution in [3.05, 3.63) is 30.3 Å². The molecule has 2 rings (SSSR count). The smallest absolute Gasteiger partial charge is 0.0366 e. The van der Waals surface area contributed by atoms with E-state index in [9.17, 15) is 0 Å². The third-order valence-electron chi connectivity index (χ3n) is 3.84. The highest BCUT2D eigenvalue weighted by atomic mass is 15.1. The fraction of sp³-hybridized carbons (Fsp3) is 0.600. The molecule has 88 valence electrons. The van der Waals surface area contributed by atoms with Crippen molar-refractivity contribution in [2.75, 3.05) is 18.0 Å². The van der Waals surface area contributed by atoms with Crippen molar-refractivity contribution in [2.45, 2.75) is 33.6 Å². The molecule has 16 heavy (non-hydrogen) atoms. The molecule has 0 aliphatic carbocycles. The zero-order valence-electron chi connectivity index (χ0n) is 10.7. The summed E-state index contributed by atoms with van der Waals surface area (Å²) in [4.78, 5) is 2.52. The van der Waals surface area contributed by atoms with Gasteiger partial charge < -0.3 is 4.90 Å². The van der Waals surface area contributed by atoms with Crippen molar-refractivity contribution < 1.29 is 0 Å². The van der Waals surface area contributed by atoms with Crippen molar-refractivity contribution in [3.8, 4) is 0 Å². The average molecular weight is 217 g/mol. The summed E-state index contributed by atoms with van der Waals surface area (Å²) in [6.07, 6.45) is 2.66. The molecule has 1 heteroatoms. The van der Waals surface area contributed by atoms with Gasteiger partial charge in [-0.15, -0.1) is 0 Å². The van der Waals surface area contributed by atoms with E-state index in [1.807, 2.05) is 0 Å². The summed E-state index contributed by atoms with van der Waals surface area (Å²) < 4.78 is 0. The molecule has 0 unspecified atom stereocenters. The van der Waals surface area contributed by atoms with E-state index in [0.717, 1.165) is 5.92 Å². The molecule has 1 nitrogen and oxygen atoms in total. The van der Waals surface area contributed by atoms with Gasteiger partial charge in [-0.3, -0.25) is 0 Å². The Labute approximate surface area is 99.5 Å². The fourth-order valence-corrected chi connectivity index (χ4v) is 2.64. The van der Waals surface area contributed by atoms with Crippen LogP contribution in [0.15, 0.2) is 30.3 Å². The summed E-state index contributed by atoms with van der Waals surface area (Å²) in [7, 11) is 0. The van der Waals surface area contributed by atoms with Gasteiger partial charge in [0.15, 0.2) is 0 Å². The van der Waals surface area contributed by atoms with E-state index in [4.69, 9.17) is 0 Å². The maximum absolute atomic E-state index is 2.52. The SMILES string of the molecule is CC(C)(C)C1CCN(c2ccccc2)CC1. The van der Waals surface area contributed by atoms with E-state index in [-0.39, 0.29) is 0 Å². The van der Waals surface area contributed by atoms with Gasteiger partial charge in [-0.05, 0) is 36.3 Å². The largest absolute Gasteiger partial charge is 0.372 e. The van der Waals surface area contributed by atoms with E-state index in [2.05, 4.69) is 56.0 Å². The molecule has 1 aliphatic rings. The lowest BCUT2D eigenvalue weighted by atomic mass is 9.75. The number of rotatable bonds is 1. The first-order chi connectivity index (χ1) is 7.57. The van der Waals surface area contributed by atoms with Gasteiger partial charge >= 0.3 is 0 Å². The van der Waals surface area contributed by atoms with Crippen LogP contribution in [0.4, 0.5) is 5.69 Å². The van der Waals surface area contributed by atoms with Gasteiger partial charge in [0, 0.05) is 18.8 Å². The lowest BCUT2D eigenvalue weighted by molar-refractivity contribution is 0.199. The van der Waals surface area contributed by atoms with Crippen LogP contribution in [-0.2, 0) is 0 Å². The molecule has 1 aliphatic heterocycles. The third kappa shape index (κ3) is 2.58. The number of para-hydroxylation sites is 1. The topological polar surface area (TPSA) is 3.24 Å². The van der Waals surface area contributed by atoms with Crippen LogP contribution in [0.3, 0.4) is 0 Å². The highest BCUT2D eigenvalue weighted by molar-refractivity contribution is 5.46. The molecule has 0 aromatic heterocycles. The summed E-state index contributed by atoms with van der Waals surface area (Å²) in [5.41, 5.74) is 1.86. The van der Waals surface area contributed by atoms with Crippen LogP contribution in [-0.4, -0.2) is 13.1 Å². The molecule has 0 saturated carbocycles. The second-order valence-corrected chi connectivity index (χ2v) is 5.96. The standard InChI is InChI=1S/C15H23N/c1-15(2,3)13-9-11-16(12-10-13)14-7-5-4-6-8-14/h4-8,13H,9-12H2,1-3H3. The molecular formula is C15H23N. The predicted octanol–water partition coefficient (Wildman–Crippen LogP) is 3.95. The zero-order valence-corrected chi connectivity index (χ0v) is 10.7. The first-order valence-electron chi connectivity index (χ1n) is 6.37. The Balaban J connectivity index is 1.96. The van der Waals surface area contributed by atoms with Gasteiger partial charge in [-0.1, -0.05) is 39.0 Å². The molecule has 0 spiro atoms. The summed E-state index contributed by atoms with van der Waals surface area (Å²) in [5.74, 6) is 0.882. The molecule has 1 aromatic carbocycles. The van der Waals surface area contributed by atoms with Crippen LogP contribution in [0.1, 0.15) is 33.6 Å². The summed E-state index contributed by atoms with van der Waals surface area (Å²) >= 11 is 0. The maximum Gasteiger partial charge on any atom is 0.0366 e. The number of hydrogen-bond acceptors (Lipinski definition) is 1. The van der Waals surface area contributed by atoms with Crippen molar-refractivity contribution >= 4 is 5.69 Å². The van der Waals surface area contributed by atoms with Crippen LogP contribution in [0.5, 0.6) is 0 Å². The van der Waals surface area contributed by atoms with Crippen LogP contribution in [0.25, 0.3) is 0 Å². The first kappa shape index (κ1) is 11.5. The Bertz CT molecular complexity index is 315. The molecule has 1 fully saturated rings. The summed E-state index contributed by atoms with van der Waals surface area (Å²) in [6, 6.07) is 10.8. The normalized spacial score (nSPS) is 18.8. The summed E-state index contributed by atoms with van der Waals surface area (Å²) in [6.45, 7) is 9.54. The van der Waals surface area contributed by atoms with Crippen molar-refractivity contribution in [1.29, 1.82) is 0 Å². The number of piperidine rings is 1. The second kappa shape index (κ2) is 4.48. The van der Waals surface area contributed by atoms with E-state index in [0.29, 0.717) is 5.41 Å². The molecule has 1 aromatic rings. The van der Waals surface area contributed by atoms with Crippen molar-refractivity contribution in [2.24, 2.45) is 11.3 Å². The van der Waals surface area contributed by atoms with Gasteiger partial charge in [0.25, 0.3) is 0 Å². The number of benzene rings is 1. The monoisotopic (exact) mass is 217 g/mol. The Morgan fingerprint density at radius 3 is 2.06 bits per heavy atom. The minimum Gasteiger partial charge on any atom is -0.372 e. The Kier molecular flexibility index (Phi) is 3.22. The fourth-order valence-electron chi connectivity index (χ4n) is 2.64. The lowest BCUT2D eigenvalue weighted by Crippen LogP contribution is -2.37. The molecular weight excluding hydrogens is 194 g/mol. The quantitative estimate of drug-likeness (QED) is 0.688. The Hall–Kier alpha value is -0.980. The van der Waals surface area contributed by atoms with Crippen molar-refractivity contribution in [3.63, 3.8) is 0 Å². The number of hydrogen-bond donors (Lipinski definition) is 0. The highest BCUT2D eigenvalue weighted by Crippen LogP contribution is 2.35. The molecule has 0 N–H and O–H groups in total. The van der Waals surface area contributed by atoms with Gasteiger partial charge in [0.1, 0.15) is 0 Å². The molecule has 1 saturated heterocycles. The molecule has 0 radical (unpaired) electrons. The first-order valence-corrected chi connectivity index (χ1v) is 6.37. The number of anilines is 1. The second-order valence-electron chi connectivity index (χ2n) is 5.96. The molecule has 1 heterocycles. The Morgan fingerprint density at radius 2 is 1.56 bits per heavy atom. The summed E-state index contributed by atoms with van der Waals surface area (Å²) in [5, 5.41) is 0. The predicted molar refractivity (Wildman–Crippen MR) is 70.8 cm³/mol. The molecule has 0 atom stereocenters. The van der Waals surface area contributed by atoms with Crippen LogP contribution >= 0.6 is 0 Å². The van der Waals surface area contributed by atoms with Gasteiger partial charge in [0.05, 0.1) is 0 Å². The van der Waals surface area contributed by atoms with E-state index in [1.165, 1.54) is 31.6 Å². The zero-order chi connectivity index (χ0) is 11.6. The Morgan fingerprint density at radius 1 is 1.00 bits per heavy atom. The van der Waals surface area contributed by atoms with Gasteiger partial charge in [0.2, 0.25) is 0 Å². The number of nitrogens with zero attached hydrogens (tertiary/aromatic N) is 1. The van der Waals surface area contributed by atoms with E-state index >= 15 is 0 Å². The maximum atomic E-state index is 2.52. The molecule has 0 amide bonds. The minimum absolute atomic E-state index is 0.475. The van der Waals surface area contributed by atoms with Crippen molar-refractivity contribution in [1.82, 2.24) is 0 Å². The van der Waals surface area contributed by atoms with E-state index in [1.54, 1.807) is 0 Å². The van der Waals surface area contributed by atoms with Gasteiger partial charge in [-0.25, -0.2) is 0 Å². The van der Waals surface area contributed by atoms with Crippen LogP contribution in [0, 0.1) is 11.3 Å². The van der Waals surface area contributed by atoms with Crippen LogP contribution < -0.4 is 4.90 Å². The third-order valence-corrected chi connectivity index (χ3v) is 3.84.